The van der Waals surface area contributed by atoms with Crippen LogP contribution in [0, 0.1) is 0 Å². The van der Waals surface area contributed by atoms with Crippen molar-refractivity contribution in [2.24, 2.45) is 5.16 Å². The van der Waals surface area contributed by atoms with Crippen molar-refractivity contribution in [3.8, 4) is 0 Å². The number of nitrogens with one attached hydrogen (secondary N) is 1. The monoisotopic (exact) mass is 288 g/mol. The maximum absolute atomic E-state index is 11.5. The summed E-state index contributed by atoms with van der Waals surface area (Å²) in [5, 5.41) is 7.07. The molecule has 0 heterocycles. The van der Waals surface area contributed by atoms with Gasteiger partial charge < -0.3 is 10.2 Å². The lowest BCUT2D eigenvalue weighted by Gasteiger charge is -2.03. The molecule has 0 spiro atoms. The number of rotatable bonds is 5. The van der Waals surface area contributed by atoms with Crippen LogP contribution in [0.4, 0.5) is 5.69 Å². The smallest absolute Gasteiger partial charge is 0.265 e. The molecule has 0 aromatic heterocycles. The van der Waals surface area contributed by atoms with E-state index in [2.05, 4.69) is 10.5 Å². The summed E-state index contributed by atoms with van der Waals surface area (Å²) in [4.78, 5) is 16.5. The van der Waals surface area contributed by atoms with E-state index in [9.17, 15) is 4.79 Å². The van der Waals surface area contributed by atoms with Gasteiger partial charge in [0.1, 0.15) is 0 Å². The molecule has 5 heteroatoms. The summed E-state index contributed by atoms with van der Waals surface area (Å²) < 4.78 is 0. The highest BCUT2D eigenvalue weighted by Crippen LogP contribution is 2.08. The normalized spacial score (nSPS) is 10.4. The van der Waals surface area contributed by atoms with E-state index < -0.39 is 0 Å². The Morgan fingerprint density at radius 2 is 1.85 bits per heavy atom. The molecule has 2 rings (SSSR count). The molecule has 4 nitrogen and oxygen atoms in total. The molecule has 0 saturated carbocycles. The molecule has 102 valence electrons. The summed E-state index contributed by atoms with van der Waals surface area (Å²) in [7, 11) is 0. The summed E-state index contributed by atoms with van der Waals surface area (Å²) in [5.41, 5.74) is 1.57. The van der Waals surface area contributed by atoms with Gasteiger partial charge >= 0.3 is 0 Å². The Balaban J connectivity index is 1.75. The van der Waals surface area contributed by atoms with Gasteiger partial charge in [-0.2, -0.15) is 0 Å². The van der Waals surface area contributed by atoms with Gasteiger partial charge in [-0.3, -0.25) is 4.79 Å². The van der Waals surface area contributed by atoms with Crippen molar-refractivity contribution in [3.63, 3.8) is 0 Å². The van der Waals surface area contributed by atoms with Crippen LogP contribution >= 0.6 is 11.6 Å². The molecule has 1 amide bonds. The fraction of sp³-hybridized carbons (Fsp3) is 0.0667. The summed E-state index contributed by atoms with van der Waals surface area (Å²) >= 11 is 5.76. The summed E-state index contributed by atoms with van der Waals surface area (Å²) in [5.74, 6) is -0.260. The molecule has 0 aliphatic rings. The van der Waals surface area contributed by atoms with Gasteiger partial charge in [-0.15, -0.1) is 0 Å². The first-order valence-electron chi connectivity index (χ1n) is 6.00. The average molecular weight is 289 g/mol. The number of carbonyl (C=O) groups excluding carboxylic acids is 1. The van der Waals surface area contributed by atoms with Crippen LogP contribution < -0.4 is 5.32 Å². The lowest BCUT2D eigenvalue weighted by atomic mass is 10.2. The molecule has 0 unspecified atom stereocenters. The third-order valence-corrected chi connectivity index (χ3v) is 2.65. The summed E-state index contributed by atoms with van der Waals surface area (Å²) in [6, 6.07) is 16.3. The van der Waals surface area contributed by atoms with Gasteiger partial charge in [0, 0.05) is 10.7 Å². The molecule has 2 aromatic carbocycles. The zero-order valence-electron chi connectivity index (χ0n) is 10.6. The van der Waals surface area contributed by atoms with Crippen molar-refractivity contribution in [2.75, 3.05) is 11.9 Å². The Labute approximate surface area is 122 Å². The minimum atomic E-state index is -0.260. The topological polar surface area (TPSA) is 50.7 Å². The number of hydrogen-bond donors (Lipinski definition) is 1. The number of benzene rings is 2. The molecule has 0 saturated heterocycles. The summed E-state index contributed by atoms with van der Waals surface area (Å²) in [6.07, 6.45) is 1.52. The van der Waals surface area contributed by atoms with Crippen molar-refractivity contribution in [3.05, 3.63) is 65.2 Å². The molecule has 0 bridgehead atoms. The maximum Gasteiger partial charge on any atom is 0.265 e. The lowest BCUT2D eigenvalue weighted by molar-refractivity contribution is -0.120. The van der Waals surface area contributed by atoms with Crippen molar-refractivity contribution in [1.82, 2.24) is 0 Å². The Bertz CT molecular complexity index is 583. The van der Waals surface area contributed by atoms with Gasteiger partial charge in [0.05, 0.1) is 6.21 Å². The number of hydrogen-bond acceptors (Lipinski definition) is 3. The van der Waals surface area contributed by atoms with Gasteiger partial charge in [-0.1, -0.05) is 47.1 Å². The predicted molar refractivity (Wildman–Crippen MR) is 80.1 cm³/mol. The fourth-order valence-electron chi connectivity index (χ4n) is 1.46. The number of oxime groups is 1. The first-order chi connectivity index (χ1) is 9.74. The van der Waals surface area contributed by atoms with Gasteiger partial charge in [0.2, 0.25) is 0 Å². The highest BCUT2D eigenvalue weighted by Gasteiger charge is 2.01. The van der Waals surface area contributed by atoms with Crippen LogP contribution in [-0.4, -0.2) is 18.7 Å². The Hall–Kier alpha value is -2.33. The van der Waals surface area contributed by atoms with Crippen molar-refractivity contribution in [1.29, 1.82) is 0 Å². The number of amides is 1. The minimum absolute atomic E-state index is 0.140. The number of para-hydroxylation sites is 1. The molecule has 2 aromatic rings. The van der Waals surface area contributed by atoms with Crippen LogP contribution in [0.5, 0.6) is 0 Å². The predicted octanol–water partition coefficient (Wildman–Crippen LogP) is 3.33. The Morgan fingerprint density at radius 1 is 1.15 bits per heavy atom. The molecular weight excluding hydrogens is 276 g/mol. The van der Waals surface area contributed by atoms with E-state index in [1.165, 1.54) is 6.21 Å². The van der Waals surface area contributed by atoms with Gasteiger partial charge in [0.25, 0.3) is 5.91 Å². The second-order valence-electron chi connectivity index (χ2n) is 3.97. The highest BCUT2D eigenvalue weighted by atomic mass is 35.5. The van der Waals surface area contributed by atoms with Crippen molar-refractivity contribution < 1.29 is 9.63 Å². The van der Waals surface area contributed by atoms with Crippen LogP contribution in [0.25, 0.3) is 0 Å². The van der Waals surface area contributed by atoms with Gasteiger partial charge in [0.15, 0.2) is 6.61 Å². The molecule has 20 heavy (non-hydrogen) atoms. The molecule has 0 fully saturated rings. The average Bonchev–Trinajstić information content (AvgIpc) is 2.46. The molecule has 0 atom stereocenters. The van der Waals surface area contributed by atoms with E-state index in [4.69, 9.17) is 16.4 Å². The number of carbonyl (C=O) groups is 1. The van der Waals surface area contributed by atoms with Crippen LogP contribution in [-0.2, 0) is 9.63 Å². The Morgan fingerprint density at radius 3 is 2.55 bits per heavy atom. The third kappa shape index (κ3) is 4.74. The van der Waals surface area contributed by atoms with Crippen molar-refractivity contribution >= 4 is 29.4 Å². The van der Waals surface area contributed by atoms with Crippen molar-refractivity contribution in [2.45, 2.75) is 0 Å². The highest BCUT2D eigenvalue weighted by molar-refractivity contribution is 6.30. The number of halogens is 1. The van der Waals surface area contributed by atoms with Crippen LogP contribution in [0.15, 0.2) is 59.8 Å². The minimum Gasteiger partial charge on any atom is -0.386 e. The zero-order chi connectivity index (χ0) is 14.2. The molecule has 0 radical (unpaired) electrons. The number of nitrogens with zero attached hydrogens (tertiary/aromatic N) is 1. The Kier molecular flexibility index (Phi) is 5.15. The quantitative estimate of drug-likeness (QED) is 0.678. The summed E-state index contributed by atoms with van der Waals surface area (Å²) in [6.45, 7) is -0.140. The lowest BCUT2D eigenvalue weighted by Crippen LogP contribution is -2.16. The van der Waals surface area contributed by atoms with E-state index in [0.29, 0.717) is 5.02 Å². The molecule has 0 aliphatic carbocycles. The molecular formula is C15H13ClN2O2. The van der Waals surface area contributed by atoms with E-state index in [1.54, 1.807) is 36.4 Å². The van der Waals surface area contributed by atoms with E-state index in [-0.39, 0.29) is 12.5 Å². The second-order valence-corrected chi connectivity index (χ2v) is 4.41. The number of anilines is 1. The molecule has 1 N–H and O–H groups in total. The first-order valence-corrected chi connectivity index (χ1v) is 6.37. The third-order valence-electron chi connectivity index (χ3n) is 2.40. The molecule has 0 aliphatic heterocycles. The standard InChI is InChI=1S/C15H13ClN2O2/c16-13-8-6-12(7-9-13)10-17-20-11-15(19)18-14-4-2-1-3-5-14/h1-10H,11H2,(H,18,19)/b17-10+. The fourth-order valence-corrected chi connectivity index (χ4v) is 1.59. The largest absolute Gasteiger partial charge is 0.386 e. The van der Waals surface area contributed by atoms with Crippen LogP contribution in [0.3, 0.4) is 0 Å². The maximum atomic E-state index is 11.5. The van der Waals surface area contributed by atoms with Crippen LogP contribution in [0.1, 0.15) is 5.56 Å². The van der Waals surface area contributed by atoms with Crippen LogP contribution in [0.2, 0.25) is 5.02 Å². The van der Waals surface area contributed by atoms with Gasteiger partial charge in [-0.05, 0) is 29.8 Å². The zero-order valence-corrected chi connectivity index (χ0v) is 11.4. The SMILES string of the molecule is O=C(CO/N=C/c1ccc(Cl)cc1)Nc1ccccc1. The van der Waals surface area contributed by atoms with E-state index >= 15 is 0 Å². The second kappa shape index (κ2) is 7.31. The first kappa shape index (κ1) is 14.1. The van der Waals surface area contributed by atoms with E-state index in [0.717, 1.165) is 11.3 Å². The van der Waals surface area contributed by atoms with Gasteiger partial charge in [-0.25, -0.2) is 0 Å². The van der Waals surface area contributed by atoms with E-state index in [1.807, 2.05) is 18.2 Å².